The number of hydrogen-bond donors (Lipinski definition) is 1. The lowest BCUT2D eigenvalue weighted by Gasteiger charge is -2.12. The highest BCUT2D eigenvalue weighted by atomic mass is 16.7. The van der Waals surface area contributed by atoms with Gasteiger partial charge in [0.05, 0.1) is 16.8 Å². The van der Waals surface area contributed by atoms with Crippen molar-refractivity contribution in [2.75, 3.05) is 19.9 Å². The number of para-hydroxylation sites is 1. The minimum atomic E-state index is -0.525. The Hall–Kier alpha value is -4.13. The summed E-state index contributed by atoms with van der Waals surface area (Å²) >= 11 is 0. The molecule has 0 spiro atoms. The summed E-state index contributed by atoms with van der Waals surface area (Å²) in [6, 6.07) is 13.3. The highest BCUT2D eigenvalue weighted by Gasteiger charge is 2.28. The number of carbonyl (C=O) groups is 2. The lowest BCUT2D eigenvalue weighted by atomic mass is 10.0. The Morgan fingerprint density at radius 3 is 2.85 bits per heavy atom. The minimum Gasteiger partial charge on any atom is -0.454 e. The maximum absolute atomic E-state index is 13.1. The van der Waals surface area contributed by atoms with Crippen LogP contribution in [0, 0.1) is 0 Å². The van der Waals surface area contributed by atoms with Crippen LogP contribution in [-0.4, -0.2) is 36.8 Å². The summed E-state index contributed by atoms with van der Waals surface area (Å²) in [4.78, 5) is 29.8. The predicted octanol–water partition coefficient (Wildman–Crippen LogP) is 3.91. The number of hydrogen-bond acceptors (Lipinski definition) is 6. The van der Waals surface area contributed by atoms with E-state index in [-0.39, 0.29) is 19.3 Å². The van der Waals surface area contributed by atoms with Crippen LogP contribution in [0.4, 0.5) is 0 Å². The number of pyridine rings is 1. The van der Waals surface area contributed by atoms with Gasteiger partial charge in [-0.1, -0.05) is 30.3 Å². The summed E-state index contributed by atoms with van der Waals surface area (Å²) in [6.45, 7) is 3.75. The molecule has 1 aromatic heterocycles. The number of benzene rings is 2. The van der Waals surface area contributed by atoms with E-state index in [1.807, 2.05) is 42.5 Å². The molecule has 0 bridgehead atoms. The minimum absolute atomic E-state index is 0.225. The average Bonchev–Trinajstić information content (AvgIpc) is 3.46. The van der Waals surface area contributed by atoms with Gasteiger partial charge in [-0.2, -0.15) is 0 Å². The van der Waals surface area contributed by atoms with Crippen molar-refractivity contribution in [3.05, 3.63) is 77.5 Å². The van der Waals surface area contributed by atoms with E-state index < -0.39 is 5.97 Å². The van der Waals surface area contributed by atoms with E-state index in [4.69, 9.17) is 19.2 Å². The third kappa shape index (κ3) is 4.05. The topological polar surface area (TPSA) is 86.8 Å². The fourth-order valence-corrected chi connectivity index (χ4v) is 4.16. The van der Waals surface area contributed by atoms with Gasteiger partial charge in [0.1, 0.15) is 0 Å². The zero-order chi connectivity index (χ0) is 22.8. The lowest BCUT2D eigenvalue weighted by Crippen LogP contribution is -2.29. The fourth-order valence-electron chi connectivity index (χ4n) is 4.16. The van der Waals surface area contributed by atoms with E-state index >= 15 is 0 Å². The fraction of sp³-hybridized carbons (Fsp3) is 0.192. The second kappa shape index (κ2) is 8.78. The highest BCUT2D eigenvalue weighted by molar-refractivity contribution is 6.07. The third-order valence-corrected chi connectivity index (χ3v) is 5.66. The molecule has 1 aliphatic heterocycles. The van der Waals surface area contributed by atoms with Crippen molar-refractivity contribution >= 4 is 34.4 Å². The molecule has 7 heteroatoms. The average molecular weight is 442 g/mol. The Balaban J connectivity index is 1.50. The number of nitrogens with one attached hydrogen (secondary N) is 1. The zero-order valence-electron chi connectivity index (χ0n) is 17.9. The van der Waals surface area contributed by atoms with Gasteiger partial charge in [0.15, 0.2) is 18.1 Å². The summed E-state index contributed by atoms with van der Waals surface area (Å²) in [5, 5.41) is 3.33. The molecule has 1 N–H and O–H groups in total. The van der Waals surface area contributed by atoms with Crippen LogP contribution in [0.5, 0.6) is 11.5 Å². The van der Waals surface area contributed by atoms with Crippen LogP contribution in [0.25, 0.3) is 22.6 Å². The summed E-state index contributed by atoms with van der Waals surface area (Å²) in [6.07, 6.45) is 5.04. The van der Waals surface area contributed by atoms with Crippen LogP contribution < -0.4 is 14.8 Å². The van der Waals surface area contributed by atoms with Crippen LogP contribution in [0.3, 0.4) is 0 Å². The molecule has 0 saturated carbocycles. The number of esters is 1. The van der Waals surface area contributed by atoms with Gasteiger partial charge in [-0.3, -0.25) is 4.79 Å². The van der Waals surface area contributed by atoms with Crippen LogP contribution in [0.1, 0.15) is 33.6 Å². The first-order chi connectivity index (χ1) is 16.1. The molecule has 2 aromatic carbocycles. The molecule has 0 unspecified atom stereocenters. The molecule has 1 amide bonds. The van der Waals surface area contributed by atoms with Crippen LogP contribution in [0.15, 0.2) is 55.1 Å². The van der Waals surface area contributed by atoms with Crippen LogP contribution in [0.2, 0.25) is 0 Å². The van der Waals surface area contributed by atoms with Crippen molar-refractivity contribution in [1.82, 2.24) is 10.3 Å². The highest BCUT2D eigenvalue weighted by Crippen LogP contribution is 2.39. The first-order valence-electron chi connectivity index (χ1n) is 10.7. The second-order valence-corrected chi connectivity index (χ2v) is 7.78. The first kappa shape index (κ1) is 20.8. The molecular formula is C26H22N2O5. The molecule has 166 valence electrons. The number of fused-ring (bicyclic) bond motifs is 3. The quantitative estimate of drug-likeness (QED) is 0.460. The first-order valence-corrected chi connectivity index (χ1v) is 10.7. The molecule has 5 rings (SSSR count). The van der Waals surface area contributed by atoms with Crippen molar-refractivity contribution in [3.63, 3.8) is 0 Å². The largest absolute Gasteiger partial charge is 0.454 e. The van der Waals surface area contributed by atoms with E-state index in [1.54, 1.807) is 6.08 Å². The van der Waals surface area contributed by atoms with Crippen molar-refractivity contribution in [1.29, 1.82) is 0 Å². The molecule has 7 nitrogen and oxygen atoms in total. The maximum Gasteiger partial charge on any atom is 0.339 e. The molecule has 2 heterocycles. The normalized spacial score (nSPS) is 14.8. The molecular weight excluding hydrogens is 420 g/mol. The third-order valence-electron chi connectivity index (χ3n) is 5.66. The van der Waals surface area contributed by atoms with E-state index in [0.717, 1.165) is 40.0 Å². The number of rotatable bonds is 6. The van der Waals surface area contributed by atoms with Crippen LogP contribution >= 0.6 is 0 Å². The summed E-state index contributed by atoms with van der Waals surface area (Å²) in [5.41, 5.74) is 4.82. The van der Waals surface area contributed by atoms with Gasteiger partial charge >= 0.3 is 5.97 Å². The van der Waals surface area contributed by atoms with Gasteiger partial charge in [0, 0.05) is 11.9 Å². The molecule has 0 saturated heterocycles. The smallest absolute Gasteiger partial charge is 0.339 e. The monoisotopic (exact) mass is 442 g/mol. The van der Waals surface area contributed by atoms with Gasteiger partial charge in [0.25, 0.3) is 5.91 Å². The molecule has 0 radical (unpaired) electrons. The van der Waals surface area contributed by atoms with Gasteiger partial charge in [0.2, 0.25) is 6.79 Å². The summed E-state index contributed by atoms with van der Waals surface area (Å²) in [5.74, 6) is 0.549. The molecule has 3 aromatic rings. The number of amides is 1. The number of nitrogens with zero attached hydrogens (tertiary/aromatic N) is 1. The Morgan fingerprint density at radius 1 is 1.12 bits per heavy atom. The standard InChI is InChI=1S/C26H22N2O5/c1-2-11-27-23(29)14-31-26(30)24-18-5-3-4-6-20(18)28-25-17(8-9-19(24)25)12-16-7-10-21-22(13-16)33-15-32-21/h2-7,10,12-13H,1,8-9,11,14-15H2,(H,27,29). The number of ether oxygens (including phenoxy) is 3. The number of aromatic nitrogens is 1. The predicted molar refractivity (Wildman–Crippen MR) is 124 cm³/mol. The SMILES string of the molecule is C=CCNC(=O)COC(=O)c1c2c(nc3ccccc13)C(=Cc1ccc3c(c1)OCO3)CC2. The number of allylic oxidation sites excluding steroid dienone is 1. The Bertz CT molecular complexity index is 1310. The lowest BCUT2D eigenvalue weighted by molar-refractivity contribution is -0.124. The van der Waals surface area contributed by atoms with Gasteiger partial charge in [-0.05, 0) is 53.8 Å². The Morgan fingerprint density at radius 2 is 1.97 bits per heavy atom. The van der Waals surface area contributed by atoms with Crippen molar-refractivity contribution in [2.24, 2.45) is 0 Å². The van der Waals surface area contributed by atoms with Gasteiger partial charge in [-0.25, -0.2) is 9.78 Å². The van der Waals surface area contributed by atoms with Crippen molar-refractivity contribution in [2.45, 2.75) is 12.8 Å². The van der Waals surface area contributed by atoms with Crippen molar-refractivity contribution in [3.8, 4) is 11.5 Å². The molecule has 0 atom stereocenters. The summed E-state index contributed by atoms with van der Waals surface area (Å²) in [7, 11) is 0. The van der Waals surface area contributed by atoms with E-state index in [0.29, 0.717) is 29.8 Å². The van der Waals surface area contributed by atoms with E-state index in [2.05, 4.69) is 18.0 Å². The van der Waals surface area contributed by atoms with Crippen molar-refractivity contribution < 1.29 is 23.8 Å². The maximum atomic E-state index is 13.1. The number of carbonyl (C=O) groups excluding carboxylic acids is 2. The molecule has 1 aliphatic carbocycles. The van der Waals surface area contributed by atoms with Crippen LogP contribution in [-0.2, 0) is 16.0 Å². The molecule has 33 heavy (non-hydrogen) atoms. The second-order valence-electron chi connectivity index (χ2n) is 7.78. The molecule has 0 fully saturated rings. The Labute approximate surface area is 190 Å². The summed E-state index contributed by atoms with van der Waals surface area (Å²) < 4.78 is 16.2. The zero-order valence-corrected chi connectivity index (χ0v) is 17.9. The molecule has 2 aliphatic rings. The van der Waals surface area contributed by atoms with Gasteiger partial charge < -0.3 is 19.5 Å². The van der Waals surface area contributed by atoms with E-state index in [9.17, 15) is 9.59 Å². The van der Waals surface area contributed by atoms with Gasteiger partial charge in [-0.15, -0.1) is 6.58 Å². The van der Waals surface area contributed by atoms with E-state index in [1.165, 1.54) is 0 Å². The Kier molecular flexibility index (Phi) is 5.52.